The standard InChI is InChI=1S/C15H19FN2O2/c1-10(2)17-13(19)15(8-9-15)14(20)18(3)12-6-4-11(16)5-7-12/h4-7,10H,8-9H2,1-3H3,(H,17,19). The Morgan fingerprint density at radius 1 is 1.25 bits per heavy atom. The van der Waals surface area contributed by atoms with Crippen LogP contribution < -0.4 is 10.2 Å². The van der Waals surface area contributed by atoms with Crippen LogP contribution in [0.1, 0.15) is 26.7 Å². The minimum absolute atomic E-state index is 0.00361. The highest BCUT2D eigenvalue weighted by molar-refractivity contribution is 6.13. The van der Waals surface area contributed by atoms with Crippen molar-refractivity contribution in [3.63, 3.8) is 0 Å². The molecule has 1 N–H and O–H groups in total. The van der Waals surface area contributed by atoms with Gasteiger partial charge in [-0.3, -0.25) is 9.59 Å². The topological polar surface area (TPSA) is 49.4 Å². The molecule has 2 amide bonds. The first-order valence-electron chi connectivity index (χ1n) is 6.71. The lowest BCUT2D eigenvalue weighted by atomic mass is 10.0. The minimum Gasteiger partial charge on any atom is -0.353 e. The predicted octanol–water partition coefficient (Wildman–Crippen LogP) is 2.09. The van der Waals surface area contributed by atoms with Crippen molar-refractivity contribution in [2.75, 3.05) is 11.9 Å². The van der Waals surface area contributed by atoms with E-state index in [1.165, 1.54) is 29.2 Å². The Balaban J connectivity index is 2.14. The van der Waals surface area contributed by atoms with Crippen molar-refractivity contribution in [3.8, 4) is 0 Å². The Labute approximate surface area is 118 Å². The molecule has 0 aliphatic heterocycles. The number of nitrogens with one attached hydrogen (secondary N) is 1. The first-order valence-corrected chi connectivity index (χ1v) is 6.71. The molecule has 1 aliphatic carbocycles. The highest BCUT2D eigenvalue weighted by Gasteiger charge is 2.57. The average molecular weight is 278 g/mol. The molecule has 20 heavy (non-hydrogen) atoms. The third-order valence-corrected chi connectivity index (χ3v) is 3.53. The maximum atomic E-state index is 12.9. The fraction of sp³-hybridized carbons (Fsp3) is 0.467. The summed E-state index contributed by atoms with van der Waals surface area (Å²) in [6.45, 7) is 3.73. The Kier molecular flexibility index (Phi) is 3.79. The molecule has 0 bridgehead atoms. The Morgan fingerprint density at radius 2 is 1.80 bits per heavy atom. The van der Waals surface area contributed by atoms with Crippen LogP contribution >= 0.6 is 0 Å². The number of rotatable bonds is 4. The van der Waals surface area contributed by atoms with Gasteiger partial charge in [0.2, 0.25) is 11.8 Å². The van der Waals surface area contributed by atoms with Gasteiger partial charge in [-0.05, 0) is 51.0 Å². The molecule has 0 unspecified atom stereocenters. The molecule has 0 saturated heterocycles. The van der Waals surface area contributed by atoms with Crippen molar-refractivity contribution in [3.05, 3.63) is 30.1 Å². The third kappa shape index (κ3) is 2.66. The van der Waals surface area contributed by atoms with Crippen molar-refractivity contribution >= 4 is 17.5 Å². The van der Waals surface area contributed by atoms with E-state index < -0.39 is 5.41 Å². The van der Waals surface area contributed by atoms with E-state index in [1.807, 2.05) is 13.8 Å². The zero-order chi connectivity index (χ0) is 14.9. The lowest BCUT2D eigenvalue weighted by Gasteiger charge is -2.24. The van der Waals surface area contributed by atoms with Crippen LogP contribution in [0.3, 0.4) is 0 Å². The number of hydrogen-bond acceptors (Lipinski definition) is 2. The highest BCUT2D eigenvalue weighted by atomic mass is 19.1. The minimum atomic E-state index is -0.937. The van der Waals surface area contributed by atoms with Gasteiger partial charge < -0.3 is 10.2 Å². The molecule has 0 radical (unpaired) electrons. The largest absolute Gasteiger partial charge is 0.353 e. The van der Waals surface area contributed by atoms with Gasteiger partial charge in [-0.1, -0.05) is 0 Å². The molecule has 1 fully saturated rings. The lowest BCUT2D eigenvalue weighted by molar-refractivity contribution is -0.135. The van der Waals surface area contributed by atoms with Crippen LogP contribution in [-0.2, 0) is 9.59 Å². The zero-order valence-electron chi connectivity index (χ0n) is 11.9. The number of benzene rings is 1. The molecule has 1 aromatic carbocycles. The molecule has 0 atom stereocenters. The van der Waals surface area contributed by atoms with Gasteiger partial charge in [0.15, 0.2) is 0 Å². The maximum Gasteiger partial charge on any atom is 0.242 e. The summed E-state index contributed by atoms with van der Waals surface area (Å²) >= 11 is 0. The number of carbonyl (C=O) groups excluding carboxylic acids is 2. The summed E-state index contributed by atoms with van der Waals surface area (Å²) in [5.74, 6) is -0.804. The van der Waals surface area contributed by atoms with Gasteiger partial charge in [0.05, 0.1) is 0 Å². The maximum absolute atomic E-state index is 12.9. The monoisotopic (exact) mass is 278 g/mol. The summed E-state index contributed by atoms with van der Waals surface area (Å²) in [6.07, 6.45) is 1.13. The highest BCUT2D eigenvalue weighted by Crippen LogP contribution is 2.48. The van der Waals surface area contributed by atoms with E-state index >= 15 is 0 Å². The van der Waals surface area contributed by atoms with Crippen LogP contribution in [-0.4, -0.2) is 24.9 Å². The molecule has 0 spiro atoms. The molecule has 1 saturated carbocycles. The summed E-state index contributed by atoms with van der Waals surface area (Å²) < 4.78 is 12.9. The van der Waals surface area contributed by atoms with Crippen LogP contribution in [0.5, 0.6) is 0 Å². The van der Waals surface area contributed by atoms with Crippen molar-refractivity contribution in [1.82, 2.24) is 5.32 Å². The fourth-order valence-corrected chi connectivity index (χ4v) is 2.17. The molecule has 2 rings (SSSR count). The summed E-state index contributed by atoms with van der Waals surface area (Å²) in [5.41, 5.74) is -0.354. The molecule has 0 heterocycles. The predicted molar refractivity (Wildman–Crippen MR) is 74.8 cm³/mol. The van der Waals surface area contributed by atoms with E-state index in [9.17, 15) is 14.0 Å². The van der Waals surface area contributed by atoms with Gasteiger partial charge in [-0.15, -0.1) is 0 Å². The number of carbonyl (C=O) groups is 2. The molecular weight excluding hydrogens is 259 g/mol. The average Bonchev–Trinajstić information content (AvgIpc) is 3.18. The summed E-state index contributed by atoms with van der Waals surface area (Å²) in [5, 5.41) is 2.80. The quantitative estimate of drug-likeness (QED) is 0.857. The third-order valence-electron chi connectivity index (χ3n) is 3.53. The van der Waals surface area contributed by atoms with Crippen LogP contribution in [0.2, 0.25) is 0 Å². The number of nitrogens with zero attached hydrogens (tertiary/aromatic N) is 1. The number of halogens is 1. The van der Waals surface area contributed by atoms with Crippen molar-refractivity contribution < 1.29 is 14.0 Å². The lowest BCUT2D eigenvalue weighted by Crippen LogP contribution is -2.45. The molecule has 108 valence electrons. The molecule has 4 nitrogen and oxygen atoms in total. The first kappa shape index (κ1) is 14.5. The van der Waals surface area contributed by atoms with E-state index in [2.05, 4.69) is 5.32 Å². The van der Waals surface area contributed by atoms with Gasteiger partial charge in [0.25, 0.3) is 0 Å². The summed E-state index contributed by atoms with van der Waals surface area (Å²) in [6, 6.07) is 5.66. The molecular formula is C15H19FN2O2. The van der Waals surface area contributed by atoms with E-state index in [-0.39, 0.29) is 23.7 Å². The normalized spacial score (nSPS) is 15.8. The second-order valence-electron chi connectivity index (χ2n) is 5.55. The van der Waals surface area contributed by atoms with Gasteiger partial charge in [-0.25, -0.2) is 4.39 Å². The van der Waals surface area contributed by atoms with Crippen LogP contribution in [0, 0.1) is 11.2 Å². The molecule has 0 aromatic heterocycles. The molecule has 1 aliphatic rings. The molecule has 5 heteroatoms. The van der Waals surface area contributed by atoms with Gasteiger partial charge >= 0.3 is 0 Å². The Morgan fingerprint density at radius 3 is 2.25 bits per heavy atom. The van der Waals surface area contributed by atoms with Crippen LogP contribution in [0.25, 0.3) is 0 Å². The second kappa shape index (κ2) is 5.23. The van der Waals surface area contributed by atoms with E-state index in [1.54, 1.807) is 7.05 Å². The van der Waals surface area contributed by atoms with E-state index in [0.717, 1.165) is 0 Å². The number of hydrogen-bond donors (Lipinski definition) is 1. The van der Waals surface area contributed by atoms with Crippen molar-refractivity contribution in [2.45, 2.75) is 32.7 Å². The van der Waals surface area contributed by atoms with Crippen LogP contribution in [0.15, 0.2) is 24.3 Å². The van der Waals surface area contributed by atoms with E-state index in [0.29, 0.717) is 18.5 Å². The van der Waals surface area contributed by atoms with Gasteiger partial charge in [0, 0.05) is 18.8 Å². The fourth-order valence-electron chi connectivity index (χ4n) is 2.17. The van der Waals surface area contributed by atoms with Crippen molar-refractivity contribution in [2.24, 2.45) is 5.41 Å². The second-order valence-corrected chi connectivity index (χ2v) is 5.55. The summed E-state index contributed by atoms with van der Waals surface area (Å²) in [7, 11) is 1.61. The van der Waals surface area contributed by atoms with Gasteiger partial charge in [-0.2, -0.15) is 0 Å². The SMILES string of the molecule is CC(C)NC(=O)C1(C(=O)N(C)c2ccc(F)cc2)CC1. The van der Waals surface area contributed by atoms with Crippen LogP contribution in [0.4, 0.5) is 10.1 Å². The summed E-state index contributed by atoms with van der Waals surface area (Å²) in [4.78, 5) is 26.1. The molecule has 1 aromatic rings. The Hall–Kier alpha value is -1.91. The van der Waals surface area contributed by atoms with Crippen molar-refractivity contribution in [1.29, 1.82) is 0 Å². The Bertz CT molecular complexity index is 521. The van der Waals surface area contributed by atoms with E-state index in [4.69, 9.17) is 0 Å². The number of anilines is 1. The van der Waals surface area contributed by atoms with Gasteiger partial charge in [0.1, 0.15) is 11.2 Å². The first-order chi connectivity index (χ1) is 9.36. The smallest absolute Gasteiger partial charge is 0.242 e. The number of amides is 2. The zero-order valence-corrected chi connectivity index (χ0v) is 11.9.